The Morgan fingerprint density at radius 2 is 2.10 bits per heavy atom. The summed E-state index contributed by atoms with van der Waals surface area (Å²) in [6.45, 7) is 8.06. The molecule has 5 heteroatoms. The Morgan fingerprint density at radius 1 is 1.38 bits per heavy atom. The first-order chi connectivity index (χ1) is 10.1. The van der Waals surface area contributed by atoms with Gasteiger partial charge in [0, 0.05) is 23.5 Å². The number of fused-ring (bicyclic) bond motifs is 1. The second-order valence-electron chi connectivity index (χ2n) is 5.20. The van der Waals surface area contributed by atoms with Crippen molar-refractivity contribution in [3.05, 3.63) is 35.6 Å². The number of nitrogens with one attached hydrogen (secondary N) is 1. The van der Waals surface area contributed by atoms with E-state index in [1.54, 1.807) is 0 Å². The lowest BCUT2D eigenvalue weighted by molar-refractivity contribution is 0.0924. The number of para-hydroxylation sites is 1. The lowest BCUT2D eigenvalue weighted by Gasteiger charge is -2.26. The minimum Gasteiger partial charge on any atom is -0.451 e. The van der Waals surface area contributed by atoms with E-state index in [0.717, 1.165) is 23.9 Å². The number of hydrogen-bond acceptors (Lipinski definition) is 4. The SMILES string of the molecule is CCC(C)N(CC)Cc1c(C(=O)NN)oc2ccccc12. The number of hydrogen-bond donors (Lipinski definition) is 2. The van der Waals surface area contributed by atoms with Crippen molar-refractivity contribution in [2.45, 2.75) is 39.8 Å². The van der Waals surface area contributed by atoms with E-state index in [1.165, 1.54) is 0 Å². The highest BCUT2D eigenvalue weighted by Crippen LogP contribution is 2.27. The molecule has 0 aliphatic rings. The monoisotopic (exact) mass is 289 g/mol. The fraction of sp³-hybridized carbons (Fsp3) is 0.438. The predicted molar refractivity (Wildman–Crippen MR) is 83.7 cm³/mol. The van der Waals surface area contributed by atoms with Crippen LogP contribution in [0.1, 0.15) is 43.3 Å². The van der Waals surface area contributed by atoms with E-state index in [1.807, 2.05) is 24.3 Å². The Hall–Kier alpha value is -1.85. The van der Waals surface area contributed by atoms with Gasteiger partial charge in [0.2, 0.25) is 0 Å². The van der Waals surface area contributed by atoms with Crippen LogP contribution in [0, 0.1) is 0 Å². The molecule has 0 saturated carbocycles. The lowest BCUT2D eigenvalue weighted by atomic mass is 10.1. The van der Waals surface area contributed by atoms with Gasteiger partial charge in [-0.25, -0.2) is 5.84 Å². The molecule has 0 aliphatic carbocycles. The first kappa shape index (κ1) is 15.5. The van der Waals surface area contributed by atoms with E-state index in [9.17, 15) is 4.79 Å². The van der Waals surface area contributed by atoms with Crippen LogP contribution in [-0.2, 0) is 6.54 Å². The van der Waals surface area contributed by atoms with E-state index in [4.69, 9.17) is 10.3 Å². The van der Waals surface area contributed by atoms with Gasteiger partial charge in [-0.15, -0.1) is 0 Å². The van der Waals surface area contributed by atoms with Crippen molar-refractivity contribution in [1.82, 2.24) is 10.3 Å². The number of carbonyl (C=O) groups is 1. The molecule has 5 nitrogen and oxygen atoms in total. The Kier molecular flexibility index (Phi) is 4.98. The van der Waals surface area contributed by atoms with Gasteiger partial charge in [0.05, 0.1) is 0 Å². The zero-order chi connectivity index (χ0) is 15.4. The Balaban J connectivity index is 2.47. The van der Waals surface area contributed by atoms with Gasteiger partial charge in [-0.1, -0.05) is 32.0 Å². The Labute approximate surface area is 125 Å². The lowest BCUT2D eigenvalue weighted by Crippen LogP contribution is -2.34. The maximum Gasteiger partial charge on any atom is 0.301 e. The maximum absolute atomic E-state index is 12.0. The van der Waals surface area contributed by atoms with Crippen molar-refractivity contribution in [2.24, 2.45) is 5.84 Å². The van der Waals surface area contributed by atoms with Crippen LogP contribution in [0.5, 0.6) is 0 Å². The molecule has 1 heterocycles. The van der Waals surface area contributed by atoms with E-state index < -0.39 is 0 Å². The van der Waals surface area contributed by atoms with Gasteiger partial charge in [-0.3, -0.25) is 15.1 Å². The van der Waals surface area contributed by atoms with Gasteiger partial charge in [-0.05, 0) is 26.0 Å². The number of carbonyl (C=O) groups excluding carboxylic acids is 1. The van der Waals surface area contributed by atoms with Crippen molar-refractivity contribution in [2.75, 3.05) is 6.54 Å². The third-order valence-electron chi connectivity index (χ3n) is 4.02. The van der Waals surface area contributed by atoms with Gasteiger partial charge < -0.3 is 4.42 Å². The maximum atomic E-state index is 12.0. The molecular formula is C16H23N3O2. The van der Waals surface area contributed by atoms with Crippen LogP contribution in [-0.4, -0.2) is 23.4 Å². The number of benzene rings is 1. The zero-order valence-electron chi connectivity index (χ0n) is 12.8. The fourth-order valence-electron chi connectivity index (χ4n) is 2.55. The summed E-state index contributed by atoms with van der Waals surface area (Å²) >= 11 is 0. The Morgan fingerprint density at radius 3 is 2.71 bits per heavy atom. The van der Waals surface area contributed by atoms with Crippen molar-refractivity contribution in [3.8, 4) is 0 Å². The largest absolute Gasteiger partial charge is 0.451 e. The summed E-state index contributed by atoms with van der Waals surface area (Å²) in [6, 6.07) is 8.13. The van der Waals surface area contributed by atoms with Crippen LogP contribution >= 0.6 is 0 Å². The minimum absolute atomic E-state index is 0.306. The molecule has 0 saturated heterocycles. The molecule has 0 spiro atoms. The highest BCUT2D eigenvalue weighted by Gasteiger charge is 2.22. The second kappa shape index (κ2) is 6.74. The highest BCUT2D eigenvalue weighted by atomic mass is 16.3. The van der Waals surface area contributed by atoms with E-state index >= 15 is 0 Å². The minimum atomic E-state index is -0.388. The number of hydrazine groups is 1. The molecule has 1 aromatic heterocycles. The normalized spacial score (nSPS) is 12.8. The standard InChI is InChI=1S/C16H23N3O2/c1-4-11(3)19(5-2)10-13-12-8-6-7-9-14(12)21-15(13)16(20)18-17/h6-9,11H,4-5,10,17H2,1-3H3,(H,18,20). The average Bonchev–Trinajstić information content (AvgIpc) is 2.89. The summed E-state index contributed by atoms with van der Waals surface area (Å²) in [5, 5.41) is 0.970. The number of nitrogen functional groups attached to an aromatic ring is 1. The Bertz CT molecular complexity index is 621. The third-order valence-corrected chi connectivity index (χ3v) is 4.02. The van der Waals surface area contributed by atoms with Gasteiger partial charge in [0.15, 0.2) is 5.76 Å². The van der Waals surface area contributed by atoms with Gasteiger partial charge in [0.25, 0.3) is 0 Å². The van der Waals surface area contributed by atoms with E-state index in [-0.39, 0.29) is 5.91 Å². The second-order valence-corrected chi connectivity index (χ2v) is 5.20. The summed E-state index contributed by atoms with van der Waals surface area (Å²) in [6.07, 6.45) is 1.06. The zero-order valence-corrected chi connectivity index (χ0v) is 12.8. The predicted octanol–water partition coefficient (Wildman–Crippen LogP) is 2.66. The van der Waals surface area contributed by atoms with Crippen molar-refractivity contribution >= 4 is 16.9 Å². The highest BCUT2D eigenvalue weighted by molar-refractivity contribution is 5.98. The number of nitrogens with two attached hydrogens (primary N) is 1. The van der Waals surface area contributed by atoms with Crippen LogP contribution in [0.3, 0.4) is 0 Å². The quantitative estimate of drug-likeness (QED) is 0.487. The molecule has 1 atom stereocenters. The molecule has 1 aromatic carbocycles. The van der Waals surface area contributed by atoms with Gasteiger partial charge in [-0.2, -0.15) is 0 Å². The molecule has 0 radical (unpaired) electrons. The molecule has 21 heavy (non-hydrogen) atoms. The molecule has 1 unspecified atom stereocenters. The van der Waals surface area contributed by atoms with Crippen LogP contribution in [0.25, 0.3) is 11.0 Å². The summed E-state index contributed by atoms with van der Waals surface area (Å²) in [5.41, 5.74) is 3.78. The van der Waals surface area contributed by atoms with Crippen LogP contribution in [0.2, 0.25) is 0 Å². The molecule has 1 amide bonds. The average molecular weight is 289 g/mol. The van der Waals surface area contributed by atoms with Gasteiger partial charge >= 0.3 is 5.91 Å². The van der Waals surface area contributed by atoms with Crippen molar-refractivity contribution in [3.63, 3.8) is 0 Å². The molecule has 2 aromatic rings. The van der Waals surface area contributed by atoms with E-state index in [0.29, 0.717) is 23.9 Å². The summed E-state index contributed by atoms with van der Waals surface area (Å²) in [7, 11) is 0. The van der Waals surface area contributed by atoms with Gasteiger partial charge in [0.1, 0.15) is 5.58 Å². The third kappa shape index (κ3) is 3.09. The number of nitrogens with zero attached hydrogens (tertiary/aromatic N) is 1. The molecule has 0 fully saturated rings. The number of rotatable bonds is 6. The van der Waals surface area contributed by atoms with Crippen molar-refractivity contribution < 1.29 is 9.21 Å². The topological polar surface area (TPSA) is 71.5 Å². The number of amides is 1. The molecule has 114 valence electrons. The first-order valence-corrected chi connectivity index (χ1v) is 7.37. The van der Waals surface area contributed by atoms with Crippen LogP contribution in [0.4, 0.5) is 0 Å². The molecular weight excluding hydrogens is 266 g/mol. The molecule has 0 bridgehead atoms. The smallest absolute Gasteiger partial charge is 0.301 e. The number of furan rings is 1. The van der Waals surface area contributed by atoms with Crippen LogP contribution in [0.15, 0.2) is 28.7 Å². The summed E-state index contributed by atoms with van der Waals surface area (Å²) in [4.78, 5) is 14.3. The molecule has 3 N–H and O–H groups in total. The van der Waals surface area contributed by atoms with E-state index in [2.05, 4.69) is 31.1 Å². The fourth-order valence-corrected chi connectivity index (χ4v) is 2.55. The first-order valence-electron chi connectivity index (χ1n) is 7.37. The molecule has 2 rings (SSSR count). The van der Waals surface area contributed by atoms with Crippen LogP contribution < -0.4 is 11.3 Å². The van der Waals surface area contributed by atoms with Crippen molar-refractivity contribution in [1.29, 1.82) is 0 Å². The summed E-state index contributed by atoms with van der Waals surface area (Å²) < 4.78 is 5.69. The molecule has 0 aliphatic heterocycles. The summed E-state index contributed by atoms with van der Waals surface area (Å²) in [5.74, 6) is 5.19.